The number of carbonyl (C=O) groups excluding carboxylic acids is 1. The molecule has 0 aliphatic heterocycles. The number of fused-ring (bicyclic) bond motifs is 2. The van der Waals surface area contributed by atoms with E-state index in [1.165, 1.54) is 38.5 Å². The van der Waals surface area contributed by atoms with Crippen LogP contribution >= 0.6 is 0 Å². The second-order valence-corrected chi connectivity index (χ2v) is 6.32. The van der Waals surface area contributed by atoms with E-state index in [1.807, 2.05) is 6.92 Å². The Morgan fingerprint density at radius 2 is 2.00 bits per heavy atom. The third-order valence-electron chi connectivity index (χ3n) is 5.10. The van der Waals surface area contributed by atoms with Crippen molar-refractivity contribution in [1.29, 1.82) is 0 Å². The van der Waals surface area contributed by atoms with Gasteiger partial charge in [-0.3, -0.25) is 4.79 Å². The first-order valence-corrected chi connectivity index (χ1v) is 7.69. The van der Waals surface area contributed by atoms with Gasteiger partial charge >= 0.3 is 5.97 Å². The molecule has 3 nitrogen and oxygen atoms in total. The quantitative estimate of drug-likeness (QED) is 0.736. The van der Waals surface area contributed by atoms with Gasteiger partial charge in [0.1, 0.15) is 0 Å². The Labute approximate surface area is 110 Å². The van der Waals surface area contributed by atoms with Crippen LogP contribution < -0.4 is 5.32 Å². The van der Waals surface area contributed by atoms with Crippen molar-refractivity contribution in [1.82, 2.24) is 5.32 Å². The van der Waals surface area contributed by atoms with E-state index in [-0.39, 0.29) is 11.9 Å². The molecule has 0 aromatic heterocycles. The molecule has 3 rings (SSSR count). The smallest absolute Gasteiger partial charge is 0.310 e. The van der Waals surface area contributed by atoms with Gasteiger partial charge in [0.2, 0.25) is 0 Å². The minimum Gasteiger partial charge on any atom is -0.466 e. The van der Waals surface area contributed by atoms with Crippen LogP contribution in [0.1, 0.15) is 45.4 Å². The first-order chi connectivity index (χ1) is 8.79. The van der Waals surface area contributed by atoms with E-state index in [0.29, 0.717) is 18.6 Å². The predicted octanol–water partition coefficient (Wildman–Crippen LogP) is 2.35. The van der Waals surface area contributed by atoms with E-state index in [9.17, 15) is 4.79 Å². The van der Waals surface area contributed by atoms with Crippen molar-refractivity contribution < 1.29 is 9.53 Å². The van der Waals surface area contributed by atoms with Crippen molar-refractivity contribution in [3.63, 3.8) is 0 Å². The fourth-order valence-corrected chi connectivity index (χ4v) is 4.02. The van der Waals surface area contributed by atoms with Gasteiger partial charge in [0.25, 0.3) is 0 Å². The maximum atomic E-state index is 12.1. The molecule has 3 aliphatic rings. The maximum Gasteiger partial charge on any atom is 0.310 e. The Bertz CT molecular complexity index is 314. The fourth-order valence-electron chi connectivity index (χ4n) is 4.02. The van der Waals surface area contributed by atoms with Gasteiger partial charge in [-0.2, -0.15) is 0 Å². The van der Waals surface area contributed by atoms with Gasteiger partial charge in [0.05, 0.1) is 12.5 Å². The molecule has 3 aliphatic carbocycles. The fraction of sp³-hybridized carbons (Fsp3) is 0.933. The molecule has 0 aromatic carbocycles. The summed E-state index contributed by atoms with van der Waals surface area (Å²) >= 11 is 0. The van der Waals surface area contributed by atoms with E-state index in [4.69, 9.17) is 4.74 Å². The molecule has 2 unspecified atom stereocenters. The molecule has 0 saturated heterocycles. The molecule has 0 radical (unpaired) electrons. The highest BCUT2D eigenvalue weighted by atomic mass is 16.5. The van der Waals surface area contributed by atoms with Crippen LogP contribution in [0.2, 0.25) is 0 Å². The zero-order chi connectivity index (χ0) is 12.5. The Balaban J connectivity index is 1.56. The zero-order valence-corrected chi connectivity index (χ0v) is 11.4. The van der Waals surface area contributed by atoms with E-state index >= 15 is 0 Å². The van der Waals surface area contributed by atoms with Crippen LogP contribution in [0.15, 0.2) is 0 Å². The Hall–Kier alpha value is -0.570. The average molecular weight is 251 g/mol. The van der Waals surface area contributed by atoms with Crippen LogP contribution in [-0.4, -0.2) is 25.2 Å². The molecule has 0 spiro atoms. The number of hydrogen-bond acceptors (Lipinski definition) is 3. The number of ether oxygens (including phenoxy) is 1. The van der Waals surface area contributed by atoms with Gasteiger partial charge in [0, 0.05) is 6.04 Å². The van der Waals surface area contributed by atoms with Crippen molar-refractivity contribution in [2.45, 2.75) is 51.5 Å². The molecular formula is C15H25NO2. The second-order valence-electron chi connectivity index (χ2n) is 6.32. The third-order valence-corrected chi connectivity index (χ3v) is 5.10. The molecule has 18 heavy (non-hydrogen) atoms. The van der Waals surface area contributed by atoms with Gasteiger partial charge < -0.3 is 10.1 Å². The molecule has 2 bridgehead atoms. The maximum absolute atomic E-state index is 12.1. The van der Waals surface area contributed by atoms with Gasteiger partial charge in [-0.05, 0) is 56.9 Å². The van der Waals surface area contributed by atoms with Crippen molar-refractivity contribution in [3.8, 4) is 0 Å². The first-order valence-electron chi connectivity index (χ1n) is 7.69. The first kappa shape index (κ1) is 12.5. The standard InChI is InChI=1S/C15H25NO2/c1-2-18-15(17)13-11-5-6-12(9-11)14(13)16-8-7-10-3-4-10/h10-14,16H,2-9H2,1H3/t11-,12+,13?,14?/m1/s1. The summed E-state index contributed by atoms with van der Waals surface area (Å²) in [6.45, 7) is 3.51. The Morgan fingerprint density at radius 3 is 2.72 bits per heavy atom. The minimum atomic E-state index is 0.0496. The lowest BCUT2D eigenvalue weighted by molar-refractivity contribution is -0.150. The normalized spacial score (nSPS) is 38.1. The van der Waals surface area contributed by atoms with E-state index in [0.717, 1.165) is 18.4 Å². The van der Waals surface area contributed by atoms with Crippen molar-refractivity contribution >= 4 is 5.97 Å². The largest absolute Gasteiger partial charge is 0.466 e. The van der Waals surface area contributed by atoms with E-state index in [1.54, 1.807) is 0 Å². The number of carbonyl (C=O) groups is 1. The lowest BCUT2D eigenvalue weighted by Crippen LogP contribution is -2.45. The van der Waals surface area contributed by atoms with E-state index < -0.39 is 0 Å². The minimum absolute atomic E-state index is 0.0496. The van der Waals surface area contributed by atoms with Crippen molar-refractivity contribution in [2.75, 3.05) is 13.2 Å². The summed E-state index contributed by atoms with van der Waals surface area (Å²) in [5.74, 6) is 2.48. The van der Waals surface area contributed by atoms with Crippen LogP contribution in [0.3, 0.4) is 0 Å². The van der Waals surface area contributed by atoms with Crippen molar-refractivity contribution in [3.05, 3.63) is 0 Å². The van der Waals surface area contributed by atoms with Crippen LogP contribution in [0.4, 0.5) is 0 Å². The predicted molar refractivity (Wildman–Crippen MR) is 70.1 cm³/mol. The van der Waals surface area contributed by atoms with Crippen LogP contribution in [0.25, 0.3) is 0 Å². The summed E-state index contributed by atoms with van der Waals surface area (Å²) < 4.78 is 5.27. The highest BCUT2D eigenvalue weighted by Gasteiger charge is 2.51. The molecule has 102 valence electrons. The SMILES string of the molecule is CCOC(=O)C1C(NCCC2CC2)[C@H]2CC[C@@H]1C2. The van der Waals surface area contributed by atoms with Gasteiger partial charge in [-0.25, -0.2) is 0 Å². The topological polar surface area (TPSA) is 38.3 Å². The molecule has 0 amide bonds. The summed E-state index contributed by atoms with van der Waals surface area (Å²) in [6.07, 6.45) is 7.91. The molecule has 4 atom stereocenters. The summed E-state index contributed by atoms with van der Waals surface area (Å²) in [5, 5.41) is 3.67. The van der Waals surface area contributed by atoms with Crippen LogP contribution in [-0.2, 0) is 9.53 Å². The average Bonchev–Trinajstić information content (AvgIpc) is 2.96. The lowest BCUT2D eigenvalue weighted by atomic mass is 9.84. The van der Waals surface area contributed by atoms with Crippen LogP contribution in [0, 0.1) is 23.7 Å². The number of nitrogens with one attached hydrogen (secondary N) is 1. The Morgan fingerprint density at radius 1 is 1.22 bits per heavy atom. The summed E-state index contributed by atoms with van der Waals surface area (Å²) in [5.41, 5.74) is 0. The molecule has 0 heterocycles. The zero-order valence-electron chi connectivity index (χ0n) is 11.4. The highest BCUT2D eigenvalue weighted by Crippen LogP contribution is 2.49. The number of hydrogen-bond donors (Lipinski definition) is 1. The van der Waals surface area contributed by atoms with Gasteiger partial charge in [-0.15, -0.1) is 0 Å². The van der Waals surface area contributed by atoms with Gasteiger partial charge in [0.15, 0.2) is 0 Å². The lowest BCUT2D eigenvalue weighted by Gasteiger charge is -2.30. The summed E-state index contributed by atoms with van der Waals surface area (Å²) in [7, 11) is 0. The monoisotopic (exact) mass is 251 g/mol. The molecule has 3 heteroatoms. The molecular weight excluding hydrogens is 226 g/mol. The van der Waals surface area contributed by atoms with Crippen LogP contribution in [0.5, 0.6) is 0 Å². The van der Waals surface area contributed by atoms with Gasteiger partial charge in [-0.1, -0.05) is 12.8 Å². The second kappa shape index (κ2) is 5.20. The summed E-state index contributed by atoms with van der Waals surface area (Å²) in [4.78, 5) is 12.1. The summed E-state index contributed by atoms with van der Waals surface area (Å²) in [6, 6.07) is 0.404. The van der Waals surface area contributed by atoms with E-state index in [2.05, 4.69) is 5.32 Å². The third kappa shape index (κ3) is 2.42. The number of esters is 1. The molecule has 3 fully saturated rings. The molecule has 0 aromatic rings. The molecule has 1 N–H and O–H groups in total. The van der Waals surface area contributed by atoms with Crippen molar-refractivity contribution in [2.24, 2.45) is 23.7 Å². The number of rotatable bonds is 6. The molecule has 3 saturated carbocycles. The Kier molecular flexibility index (Phi) is 3.60. The highest BCUT2D eigenvalue weighted by molar-refractivity contribution is 5.74.